The van der Waals surface area contributed by atoms with Gasteiger partial charge in [0.05, 0.1) is 22.6 Å². The number of primary sulfonamides is 1. The highest BCUT2D eigenvalue weighted by molar-refractivity contribution is 7.89. The van der Waals surface area contributed by atoms with Gasteiger partial charge in [0.25, 0.3) is 5.91 Å². The summed E-state index contributed by atoms with van der Waals surface area (Å²) < 4.78 is 27.8. The van der Waals surface area contributed by atoms with Gasteiger partial charge in [-0.25, -0.2) is 13.6 Å². The minimum absolute atomic E-state index is 0.0963. The Morgan fingerprint density at radius 2 is 2.00 bits per heavy atom. The Bertz CT molecular complexity index is 781. The number of hydrogen-bond donors (Lipinski definition) is 2. The molecule has 1 amide bonds. The molecule has 2 rings (SSSR count). The number of aryl methyl sites for hydroxylation is 1. The zero-order valence-corrected chi connectivity index (χ0v) is 13.0. The van der Waals surface area contributed by atoms with Crippen molar-refractivity contribution in [1.82, 2.24) is 0 Å². The molecule has 1 aromatic carbocycles. The van der Waals surface area contributed by atoms with Crippen LogP contribution in [0.5, 0.6) is 5.75 Å². The van der Waals surface area contributed by atoms with E-state index < -0.39 is 10.0 Å². The number of thiophene rings is 1. The summed E-state index contributed by atoms with van der Waals surface area (Å²) in [7, 11) is -2.42. The maximum atomic E-state index is 12.1. The number of hydrogen-bond acceptors (Lipinski definition) is 5. The van der Waals surface area contributed by atoms with Crippen LogP contribution < -0.4 is 15.2 Å². The number of sulfonamides is 1. The molecule has 0 aliphatic heterocycles. The number of ether oxygens (including phenoxy) is 1. The largest absolute Gasteiger partial charge is 0.495 e. The van der Waals surface area contributed by atoms with Gasteiger partial charge in [0.1, 0.15) is 5.75 Å². The number of carbonyl (C=O) groups excluding carboxylic acids is 1. The molecule has 0 fully saturated rings. The fourth-order valence-corrected chi connectivity index (χ4v) is 3.00. The molecular formula is C13H14N2O4S2. The van der Waals surface area contributed by atoms with Crippen LogP contribution in [0.2, 0.25) is 0 Å². The van der Waals surface area contributed by atoms with Crippen LogP contribution in [0.25, 0.3) is 0 Å². The van der Waals surface area contributed by atoms with Crippen LogP contribution >= 0.6 is 11.3 Å². The van der Waals surface area contributed by atoms with Crippen molar-refractivity contribution < 1.29 is 17.9 Å². The highest BCUT2D eigenvalue weighted by Gasteiger charge is 2.15. The molecule has 8 heteroatoms. The average Bonchev–Trinajstić information content (AvgIpc) is 2.84. The molecule has 21 heavy (non-hydrogen) atoms. The van der Waals surface area contributed by atoms with E-state index in [0.717, 1.165) is 4.88 Å². The second-order valence-corrected chi connectivity index (χ2v) is 7.12. The number of nitrogens with one attached hydrogen (secondary N) is 1. The van der Waals surface area contributed by atoms with Crippen LogP contribution in [0, 0.1) is 6.92 Å². The van der Waals surface area contributed by atoms with Crippen molar-refractivity contribution in [2.45, 2.75) is 11.8 Å². The molecule has 0 atom stereocenters. The number of amides is 1. The summed E-state index contributed by atoms with van der Waals surface area (Å²) in [6.07, 6.45) is 0. The molecule has 3 N–H and O–H groups in total. The molecule has 0 saturated heterocycles. The summed E-state index contributed by atoms with van der Waals surface area (Å²) in [5.74, 6) is 0.0157. The minimum atomic E-state index is -3.85. The molecule has 1 heterocycles. The monoisotopic (exact) mass is 326 g/mol. The van der Waals surface area contributed by atoms with E-state index in [1.807, 2.05) is 13.0 Å². The SMILES string of the molecule is COc1ccc(S(N)(=O)=O)cc1NC(=O)c1ccc(C)s1. The van der Waals surface area contributed by atoms with Crippen LogP contribution in [0.1, 0.15) is 14.5 Å². The van der Waals surface area contributed by atoms with E-state index in [0.29, 0.717) is 10.6 Å². The average molecular weight is 326 g/mol. The van der Waals surface area contributed by atoms with Crippen molar-refractivity contribution in [3.05, 3.63) is 40.1 Å². The first-order valence-corrected chi connectivity index (χ1v) is 8.26. The van der Waals surface area contributed by atoms with Gasteiger partial charge in [0, 0.05) is 4.88 Å². The Balaban J connectivity index is 2.36. The summed E-state index contributed by atoms with van der Waals surface area (Å²) in [5, 5.41) is 7.71. The van der Waals surface area contributed by atoms with Gasteiger partial charge < -0.3 is 10.1 Å². The van der Waals surface area contributed by atoms with Crippen LogP contribution in [0.4, 0.5) is 5.69 Å². The molecule has 0 spiro atoms. The molecular weight excluding hydrogens is 312 g/mol. The van der Waals surface area contributed by atoms with Gasteiger partial charge >= 0.3 is 0 Å². The van der Waals surface area contributed by atoms with Gasteiger partial charge in [0.15, 0.2) is 0 Å². The summed E-state index contributed by atoms with van der Waals surface area (Å²) in [4.78, 5) is 13.6. The van der Waals surface area contributed by atoms with Crippen LogP contribution in [-0.4, -0.2) is 21.4 Å². The number of rotatable bonds is 4. The van der Waals surface area contributed by atoms with Crippen molar-refractivity contribution in [1.29, 1.82) is 0 Å². The van der Waals surface area contributed by atoms with E-state index in [-0.39, 0.29) is 16.5 Å². The molecule has 6 nitrogen and oxygen atoms in total. The van der Waals surface area contributed by atoms with Gasteiger partial charge in [-0.2, -0.15) is 0 Å². The van der Waals surface area contributed by atoms with Gasteiger partial charge in [-0.05, 0) is 37.3 Å². The van der Waals surface area contributed by atoms with Crippen molar-refractivity contribution in [3.8, 4) is 5.75 Å². The number of benzene rings is 1. The van der Waals surface area contributed by atoms with Crippen LogP contribution in [0.3, 0.4) is 0 Å². The fraction of sp³-hybridized carbons (Fsp3) is 0.154. The molecule has 112 valence electrons. The van der Waals surface area contributed by atoms with Crippen LogP contribution in [0.15, 0.2) is 35.2 Å². The zero-order valence-electron chi connectivity index (χ0n) is 11.4. The lowest BCUT2D eigenvalue weighted by molar-refractivity contribution is 0.103. The topological polar surface area (TPSA) is 98.5 Å². The summed E-state index contributed by atoms with van der Waals surface area (Å²) >= 11 is 1.34. The lowest BCUT2D eigenvalue weighted by Crippen LogP contribution is -2.15. The van der Waals surface area contributed by atoms with E-state index in [1.54, 1.807) is 6.07 Å². The molecule has 0 aliphatic rings. The van der Waals surface area contributed by atoms with Crippen molar-refractivity contribution in [2.24, 2.45) is 5.14 Å². The molecule has 0 saturated carbocycles. The number of carbonyl (C=O) groups is 1. The smallest absolute Gasteiger partial charge is 0.265 e. The van der Waals surface area contributed by atoms with Crippen LogP contribution in [-0.2, 0) is 10.0 Å². The summed E-state index contributed by atoms with van der Waals surface area (Å²) in [5.41, 5.74) is 0.250. The van der Waals surface area contributed by atoms with Crippen molar-refractivity contribution in [3.63, 3.8) is 0 Å². The predicted molar refractivity (Wildman–Crippen MR) is 81.4 cm³/mol. The number of nitrogens with two attached hydrogens (primary N) is 1. The van der Waals surface area contributed by atoms with E-state index in [9.17, 15) is 13.2 Å². The highest BCUT2D eigenvalue weighted by atomic mass is 32.2. The third-order valence-corrected chi connectivity index (χ3v) is 4.62. The lowest BCUT2D eigenvalue weighted by Gasteiger charge is -2.11. The predicted octanol–water partition coefficient (Wildman–Crippen LogP) is 1.96. The van der Waals surface area contributed by atoms with E-state index >= 15 is 0 Å². The first kappa shape index (κ1) is 15.5. The Hall–Kier alpha value is -1.90. The molecule has 1 aromatic heterocycles. The standard InChI is InChI=1S/C13H14N2O4S2/c1-8-3-6-12(20-8)13(16)15-10-7-9(21(14,17)18)4-5-11(10)19-2/h3-7H,1-2H3,(H,15,16)(H2,14,17,18). The molecule has 0 aliphatic carbocycles. The maximum Gasteiger partial charge on any atom is 0.265 e. The summed E-state index contributed by atoms with van der Waals surface area (Å²) in [6.45, 7) is 1.89. The van der Waals surface area contributed by atoms with Gasteiger partial charge in [0.2, 0.25) is 10.0 Å². The van der Waals surface area contributed by atoms with Gasteiger partial charge in [-0.3, -0.25) is 4.79 Å². The Morgan fingerprint density at radius 3 is 2.52 bits per heavy atom. The zero-order chi connectivity index (χ0) is 15.6. The summed E-state index contributed by atoms with van der Waals surface area (Å²) in [6, 6.07) is 7.56. The first-order chi connectivity index (χ1) is 9.81. The number of methoxy groups -OCH3 is 1. The third-order valence-electron chi connectivity index (χ3n) is 2.71. The molecule has 0 bridgehead atoms. The van der Waals surface area contributed by atoms with E-state index in [1.165, 1.54) is 36.6 Å². The van der Waals surface area contributed by atoms with Gasteiger partial charge in [-0.1, -0.05) is 0 Å². The molecule has 0 radical (unpaired) electrons. The normalized spacial score (nSPS) is 11.2. The van der Waals surface area contributed by atoms with Gasteiger partial charge in [-0.15, -0.1) is 11.3 Å². The number of anilines is 1. The first-order valence-electron chi connectivity index (χ1n) is 5.90. The second kappa shape index (κ2) is 5.84. The Labute approximate surface area is 126 Å². The second-order valence-electron chi connectivity index (χ2n) is 4.27. The van der Waals surface area contributed by atoms with Crippen molar-refractivity contribution in [2.75, 3.05) is 12.4 Å². The molecule has 2 aromatic rings. The maximum absolute atomic E-state index is 12.1. The Morgan fingerprint density at radius 1 is 1.29 bits per heavy atom. The third kappa shape index (κ3) is 3.60. The van der Waals surface area contributed by atoms with E-state index in [4.69, 9.17) is 9.88 Å². The molecule has 0 unspecified atom stereocenters. The quantitative estimate of drug-likeness (QED) is 0.897. The highest BCUT2D eigenvalue weighted by Crippen LogP contribution is 2.28. The fourth-order valence-electron chi connectivity index (χ4n) is 1.70. The minimum Gasteiger partial charge on any atom is -0.495 e. The van der Waals surface area contributed by atoms with Crippen molar-refractivity contribution >= 4 is 33.0 Å². The van der Waals surface area contributed by atoms with E-state index in [2.05, 4.69) is 5.32 Å². The Kier molecular flexibility index (Phi) is 4.31. The lowest BCUT2D eigenvalue weighted by atomic mass is 10.3.